The smallest absolute Gasteiger partial charge is 0.271 e. The van der Waals surface area contributed by atoms with Gasteiger partial charge in [0.2, 0.25) is 0 Å². The minimum Gasteiger partial charge on any atom is -0.493 e. The van der Waals surface area contributed by atoms with Gasteiger partial charge in [0.05, 0.1) is 6.61 Å². The number of ether oxygens (including phenoxy) is 1. The second-order valence-corrected chi connectivity index (χ2v) is 6.18. The summed E-state index contributed by atoms with van der Waals surface area (Å²) in [4.78, 5) is 12.2. The second kappa shape index (κ2) is 5.48. The minimum atomic E-state index is -0.109. The zero-order chi connectivity index (χ0) is 14.9. The largest absolute Gasteiger partial charge is 0.493 e. The summed E-state index contributed by atoms with van der Waals surface area (Å²) in [5, 5.41) is 10.0. The minimum absolute atomic E-state index is 0.109. The van der Waals surface area contributed by atoms with Gasteiger partial charge in [-0.05, 0) is 37.0 Å². The van der Waals surface area contributed by atoms with Crippen molar-refractivity contribution in [2.45, 2.75) is 25.2 Å². The number of nitrogens with zero attached hydrogens (tertiary/aromatic N) is 1. The Labute approximate surface area is 129 Å². The Bertz CT molecular complexity index is 691. The third-order valence-corrected chi connectivity index (χ3v) is 4.35. The molecule has 1 atom stereocenters. The van der Waals surface area contributed by atoms with Crippen LogP contribution in [0.5, 0.6) is 5.75 Å². The molecule has 1 aliphatic carbocycles. The highest BCUT2D eigenvalue weighted by molar-refractivity contribution is 5.92. The van der Waals surface area contributed by atoms with E-state index in [1.165, 1.54) is 18.4 Å². The Kier molecular flexibility index (Phi) is 3.33. The number of rotatable bonds is 4. The van der Waals surface area contributed by atoms with Crippen molar-refractivity contribution >= 4 is 5.91 Å². The van der Waals surface area contributed by atoms with Gasteiger partial charge in [-0.25, -0.2) is 0 Å². The number of carbonyl (C=O) groups is 1. The zero-order valence-electron chi connectivity index (χ0n) is 12.3. The second-order valence-electron chi connectivity index (χ2n) is 6.18. The van der Waals surface area contributed by atoms with Crippen LogP contribution in [-0.2, 0) is 6.42 Å². The normalized spacial score (nSPS) is 20.1. The topological polar surface area (TPSA) is 67.0 Å². The monoisotopic (exact) mass is 297 g/mol. The highest BCUT2D eigenvalue weighted by Crippen LogP contribution is 2.39. The Morgan fingerprint density at radius 2 is 2.23 bits per heavy atom. The Morgan fingerprint density at radius 3 is 3.09 bits per heavy atom. The van der Waals surface area contributed by atoms with Crippen molar-refractivity contribution in [3.63, 3.8) is 0 Å². The predicted octanol–water partition coefficient (Wildman–Crippen LogP) is 2.27. The third kappa shape index (κ3) is 2.71. The number of H-pyrrole nitrogens is 1. The van der Waals surface area contributed by atoms with Crippen LogP contribution in [0.4, 0.5) is 0 Å². The fourth-order valence-electron chi connectivity index (χ4n) is 2.91. The van der Waals surface area contributed by atoms with Gasteiger partial charge in [-0.3, -0.25) is 9.89 Å². The number of nitrogens with one attached hydrogen (secondary N) is 2. The average Bonchev–Trinajstić information content (AvgIpc) is 3.29. The summed E-state index contributed by atoms with van der Waals surface area (Å²) in [6.07, 6.45) is 3.33. The van der Waals surface area contributed by atoms with Crippen LogP contribution in [0.3, 0.4) is 0 Å². The summed E-state index contributed by atoms with van der Waals surface area (Å²) in [5.74, 6) is 1.74. The summed E-state index contributed by atoms with van der Waals surface area (Å²) < 4.78 is 5.74. The molecule has 0 spiro atoms. The molecule has 2 aliphatic rings. The number of fused-ring (bicyclic) bond motifs is 1. The number of hydrogen-bond acceptors (Lipinski definition) is 3. The first-order chi connectivity index (χ1) is 10.8. The third-order valence-electron chi connectivity index (χ3n) is 4.35. The summed E-state index contributed by atoms with van der Waals surface area (Å²) >= 11 is 0. The van der Waals surface area contributed by atoms with Crippen LogP contribution in [0.1, 0.15) is 40.5 Å². The molecule has 22 heavy (non-hydrogen) atoms. The lowest BCUT2D eigenvalue weighted by molar-refractivity contribution is 0.0934. The van der Waals surface area contributed by atoms with Gasteiger partial charge in [0.25, 0.3) is 5.91 Å². The van der Waals surface area contributed by atoms with E-state index in [4.69, 9.17) is 4.74 Å². The van der Waals surface area contributed by atoms with Gasteiger partial charge in [0.1, 0.15) is 11.4 Å². The van der Waals surface area contributed by atoms with Crippen LogP contribution >= 0.6 is 0 Å². The lowest BCUT2D eigenvalue weighted by Gasteiger charge is -2.25. The molecule has 5 nitrogen and oxygen atoms in total. The van der Waals surface area contributed by atoms with E-state index in [0.717, 1.165) is 17.9 Å². The van der Waals surface area contributed by atoms with Gasteiger partial charge < -0.3 is 10.1 Å². The molecule has 0 bridgehead atoms. The maximum atomic E-state index is 12.2. The summed E-state index contributed by atoms with van der Waals surface area (Å²) in [6.45, 7) is 1.25. The van der Waals surface area contributed by atoms with Gasteiger partial charge in [-0.1, -0.05) is 18.2 Å². The lowest BCUT2D eigenvalue weighted by Crippen LogP contribution is -2.34. The standard InChI is InChI=1S/C17H19N3O2/c21-17(15-8-14(19-20-15)12-5-6-12)18-9-11-7-13-3-1-2-4-16(13)22-10-11/h1-4,8,11-12H,5-7,9-10H2,(H,18,21)(H,19,20). The van der Waals surface area contributed by atoms with Crippen molar-refractivity contribution in [1.82, 2.24) is 15.5 Å². The molecule has 1 saturated carbocycles. The van der Waals surface area contributed by atoms with Crippen molar-refractivity contribution in [1.29, 1.82) is 0 Å². The number of amides is 1. The molecule has 114 valence electrons. The molecular formula is C17H19N3O2. The molecule has 1 aromatic carbocycles. The molecule has 1 aliphatic heterocycles. The number of hydrogen-bond donors (Lipinski definition) is 2. The zero-order valence-corrected chi connectivity index (χ0v) is 12.3. The van der Waals surface area contributed by atoms with E-state index in [2.05, 4.69) is 21.6 Å². The van der Waals surface area contributed by atoms with Crippen molar-refractivity contribution in [2.75, 3.05) is 13.2 Å². The van der Waals surface area contributed by atoms with Crippen molar-refractivity contribution < 1.29 is 9.53 Å². The van der Waals surface area contributed by atoms with E-state index >= 15 is 0 Å². The lowest BCUT2D eigenvalue weighted by atomic mass is 9.97. The number of aromatic nitrogens is 2. The van der Waals surface area contributed by atoms with Crippen LogP contribution in [0.15, 0.2) is 30.3 Å². The number of aromatic amines is 1. The summed E-state index contributed by atoms with van der Waals surface area (Å²) in [7, 11) is 0. The molecular weight excluding hydrogens is 278 g/mol. The molecule has 2 heterocycles. The highest BCUT2D eigenvalue weighted by atomic mass is 16.5. The van der Waals surface area contributed by atoms with Gasteiger partial charge in [-0.2, -0.15) is 5.10 Å². The van der Waals surface area contributed by atoms with Gasteiger partial charge in [-0.15, -0.1) is 0 Å². The van der Waals surface area contributed by atoms with E-state index in [9.17, 15) is 4.79 Å². The Balaban J connectivity index is 1.33. The van der Waals surface area contributed by atoms with E-state index in [0.29, 0.717) is 30.7 Å². The Hall–Kier alpha value is -2.30. The highest BCUT2D eigenvalue weighted by Gasteiger charge is 2.27. The quantitative estimate of drug-likeness (QED) is 0.909. The summed E-state index contributed by atoms with van der Waals surface area (Å²) in [6, 6.07) is 9.95. The first-order valence-corrected chi connectivity index (χ1v) is 7.84. The van der Waals surface area contributed by atoms with Crippen LogP contribution in [0.25, 0.3) is 0 Å². The number of benzene rings is 1. The van der Waals surface area contributed by atoms with Crippen molar-refractivity contribution in [3.8, 4) is 5.75 Å². The van der Waals surface area contributed by atoms with E-state index < -0.39 is 0 Å². The first kappa shape index (κ1) is 13.4. The van der Waals surface area contributed by atoms with Crippen LogP contribution in [0, 0.1) is 5.92 Å². The SMILES string of the molecule is O=C(NCC1COc2ccccc2C1)c1cc(C2CC2)[nH]n1. The van der Waals surface area contributed by atoms with Gasteiger partial charge >= 0.3 is 0 Å². The van der Waals surface area contributed by atoms with E-state index in [1.54, 1.807) is 0 Å². The maximum Gasteiger partial charge on any atom is 0.271 e. The van der Waals surface area contributed by atoms with Crippen molar-refractivity contribution in [3.05, 3.63) is 47.3 Å². The molecule has 1 amide bonds. The maximum absolute atomic E-state index is 12.2. The van der Waals surface area contributed by atoms with Crippen LogP contribution in [-0.4, -0.2) is 29.3 Å². The van der Waals surface area contributed by atoms with E-state index in [-0.39, 0.29) is 5.91 Å². The average molecular weight is 297 g/mol. The molecule has 1 unspecified atom stereocenters. The first-order valence-electron chi connectivity index (χ1n) is 7.84. The van der Waals surface area contributed by atoms with Crippen LogP contribution in [0.2, 0.25) is 0 Å². The molecule has 2 aromatic rings. The number of para-hydroxylation sites is 1. The fourth-order valence-corrected chi connectivity index (χ4v) is 2.91. The predicted molar refractivity (Wildman–Crippen MR) is 82.0 cm³/mol. The van der Waals surface area contributed by atoms with E-state index in [1.807, 2.05) is 24.3 Å². The summed E-state index contributed by atoms with van der Waals surface area (Å²) in [5.41, 5.74) is 2.78. The Morgan fingerprint density at radius 1 is 1.36 bits per heavy atom. The molecule has 1 aromatic heterocycles. The number of carbonyl (C=O) groups excluding carboxylic acids is 1. The molecule has 1 fully saturated rings. The molecule has 0 radical (unpaired) electrons. The molecule has 5 heteroatoms. The fraction of sp³-hybridized carbons (Fsp3) is 0.412. The van der Waals surface area contributed by atoms with Gasteiger partial charge in [0, 0.05) is 24.1 Å². The van der Waals surface area contributed by atoms with Crippen LogP contribution < -0.4 is 10.1 Å². The molecule has 2 N–H and O–H groups in total. The molecule has 4 rings (SSSR count). The van der Waals surface area contributed by atoms with Crippen molar-refractivity contribution in [2.24, 2.45) is 5.92 Å². The molecule has 0 saturated heterocycles. The van der Waals surface area contributed by atoms with Gasteiger partial charge in [0.15, 0.2) is 0 Å².